The van der Waals surface area contributed by atoms with Crippen molar-refractivity contribution >= 4 is 5.69 Å². The predicted octanol–water partition coefficient (Wildman–Crippen LogP) is 1.67. The maximum atomic E-state index is 8.67. The van der Waals surface area contributed by atoms with Crippen molar-refractivity contribution in [1.29, 1.82) is 5.26 Å². The first-order valence-corrected chi connectivity index (χ1v) is 5.06. The number of ether oxygens (including phenoxy) is 3. The lowest BCUT2D eigenvalue weighted by molar-refractivity contribution is 0.324. The first-order valence-electron chi connectivity index (χ1n) is 5.06. The number of benzene rings is 1. The molecule has 5 nitrogen and oxygen atoms in total. The lowest BCUT2D eigenvalue weighted by Gasteiger charge is -2.19. The fourth-order valence-corrected chi connectivity index (χ4v) is 1.48. The second-order valence-electron chi connectivity index (χ2n) is 3.40. The van der Waals surface area contributed by atoms with Crippen molar-refractivity contribution in [2.75, 3.05) is 39.8 Å². The van der Waals surface area contributed by atoms with Gasteiger partial charge < -0.3 is 19.1 Å². The van der Waals surface area contributed by atoms with E-state index in [-0.39, 0.29) is 0 Å². The highest BCUT2D eigenvalue weighted by molar-refractivity contribution is 5.63. The van der Waals surface area contributed by atoms with E-state index in [4.69, 9.17) is 19.5 Å². The van der Waals surface area contributed by atoms with Gasteiger partial charge in [-0.2, -0.15) is 5.26 Å². The SMILES string of the molecule is COc1cc(N(C)CC#N)cc(OC)c1OC. The van der Waals surface area contributed by atoms with Crippen molar-refractivity contribution < 1.29 is 14.2 Å². The fourth-order valence-electron chi connectivity index (χ4n) is 1.48. The zero-order chi connectivity index (χ0) is 12.8. The molecule has 0 aliphatic rings. The van der Waals surface area contributed by atoms with Crippen LogP contribution in [0.25, 0.3) is 0 Å². The maximum Gasteiger partial charge on any atom is 0.203 e. The van der Waals surface area contributed by atoms with E-state index in [9.17, 15) is 0 Å². The molecule has 1 aromatic carbocycles. The monoisotopic (exact) mass is 236 g/mol. The van der Waals surface area contributed by atoms with E-state index in [0.29, 0.717) is 23.8 Å². The summed E-state index contributed by atoms with van der Waals surface area (Å²) >= 11 is 0. The Hall–Kier alpha value is -2.09. The van der Waals surface area contributed by atoms with E-state index in [2.05, 4.69) is 6.07 Å². The lowest BCUT2D eigenvalue weighted by atomic mass is 10.2. The Kier molecular flexibility index (Phi) is 4.46. The predicted molar refractivity (Wildman–Crippen MR) is 65.0 cm³/mol. The van der Waals surface area contributed by atoms with Crippen LogP contribution in [0.5, 0.6) is 17.2 Å². The molecule has 0 saturated carbocycles. The molecule has 0 aromatic heterocycles. The zero-order valence-electron chi connectivity index (χ0n) is 10.5. The van der Waals surface area contributed by atoms with Gasteiger partial charge in [-0.05, 0) is 0 Å². The highest BCUT2D eigenvalue weighted by Crippen LogP contribution is 2.40. The first kappa shape index (κ1) is 13.0. The summed E-state index contributed by atoms with van der Waals surface area (Å²) in [6.45, 7) is 0.290. The van der Waals surface area contributed by atoms with Crippen molar-refractivity contribution in [3.63, 3.8) is 0 Å². The second kappa shape index (κ2) is 5.85. The minimum atomic E-state index is 0.290. The highest BCUT2D eigenvalue weighted by Gasteiger charge is 2.14. The van der Waals surface area contributed by atoms with Crippen molar-refractivity contribution in [1.82, 2.24) is 0 Å². The Labute approximate surface area is 101 Å². The van der Waals surface area contributed by atoms with E-state index in [0.717, 1.165) is 5.69 Å². The van der Waals surface area contributed by atoms with E-state index < -0.39 is 0 Å². The molecule has 0 N–H and O–H groups in total. The third kappa shape index (κ3) is 2.72. The summed E-state index contributed by atoms with van der Waals surface area (Å²) in [5, 5.41) is 8.67. The third-order valence-corrected chi connectivity index (χ3v) is 2.40. The van der Waals surface area contributed by atoms with Gasteiger partial charge in [-0.3, -0.25) is 0 Å². The summed E-state index contributed by atoms with van der Waals surface area (Å²) in [4.78, 5) is 1.80. The Balaban J connectivity index is 3.22. The molecule has 0 amide bonds. The summed E-state index contributed by atoms with van der Waals surface area (Å²) in [5.74, 6) is 1.70. The Bertz CT molecular complexity index is 401. The molecule has 0 fully saturated rings. The Morgan fingerprint density at radius 1 is 1.12 bits per heavy atom. The van der Waals surface area contributed by atoms with Crippen LogP contribution < -0.4 is 19.1 Å². The molecular formula is C12H16N2O3. The molecule has 0 spiro atoms. The van der Waals surface area contributed by atoms with Crippen LogP contribution in [-0.4, -0.2) is 34.9 Å². The summed E-state index contributed by atoms with van der Waals surface area (Å²) in [7, 11) is 6.50. The van der Waals surface area contributed by atoms with Crippen LogP contribution in [0.15, 0.2) is 12.1 Å². The van der Waals surface area contributed by atoms with Gasteiger partial charge >= 0.3 is 0 Å². The standard InChI is InChI=1S/C12H16N2O3/c1-14(6-5-13)9-7-10(15-2)12(17-4)11(8-9)16-3/h7-8H,6H2,1-4H3. The van der Waals surface area contributed by atoms with Crippen molar-refractivity contribution in [2.45, 2.75) is 0 Å². The molecule has 17 heavy (non-hydrogen) atoms. The average Bonchev–Trinajstić information content (AvgIpc) is 2.37. The molecule has 0 radical (unpaired) electrons. The van der Waals surface area contributed by atoms with Gasteiger partial charge in [0, 0.05) is 24.9 Å². The van der Waals surface area contributed by atoms with Gasteiger partial charge in [-0.25, -0.2) is 0 Å². The van der Waals surface area contributed by atoms with Crippen molar-refractivity contribution in [2.24, 2.45) is 0 Å². The third-order valence-electron chi connectivity index (χ3n) is 2.40. The minimum Gasteiger partial charge on any atom is -0.493 e. The largest absolute Gasteiger partial charge is 0.493 e. The molecule has 1 aromatic rings. The van der Waals surface area contributed by atoms with Crippen LogP contribution in [0.2, 0.25) is 0 Å². The number of hydrogen-bond acceptors (Lipinski definition) is 5. The molecular weight excluding hydrogens is 220 g/mol. The summed E-state index contributed by atoms with van der Waals surface area (Å²) in [5.41, 5.74) is 0.834. The van der Waals surface area contributed by atoms with Gasteiger partial charge in [0.2, 0.25) is 5.75 Å². The summed E-state index contributed by atoms with van der Waals surface area (Å²) < 4.78 is 15.7. The molecule has 5 heteroatoms. The molecule has 0 atom stereocenters. The molecule has 0 unspecified atom stereocenters. The van der Waals surface area contributed by atoms with Gasteiger partial charge in [-0.15, -0.1) is 0 Å². The number of nitrogens with zero attached hydrogens (tertiary/aromatic N) is 2. The van der Waals surface area contributed by atoms with Gasteiger partial charge in [0.15, 0.2) is 11.5 Å². The first-order chi connectivity index (χ1) is 8.17. The van der Waals surface area contributed by atoms with E-state index >= 15 is 0 Å². The van der Waals surface area contributed by atoms with Crippen LogP contribution >= 0.6 is 0 Å². The van der Waals surface area contributed by atoms with Gasteiger partial charge in [0.1, 0.15) is 6.54 Å². The number of rotatable bonds is 5. The number of hydrogen-bond donors (Lipinski definition) is 0. The smallest absolute Gasteiger partial charge is 0.203 e. The number of nitriles is 1. The molecule has 0 heterocycles. The van der Waals surface area contributed by atoms with E-state index in [1.807, 2.05) is 7.05 Å². The second-order valence-corrected chi connectivity index (χ2v) is 3.40. The molecule has 0 aliphatic carbocycles. The number of anilines is 1. The Morgan fingerprint density at radius 2 is 1.65 bits per heavy atom. The molecule has 92 valence electrons. The van der Waals surface area contributed by atoms with Crippen molar-refractivity contribution in [3.05, 3.63) is 12.1 Å². The molecule has 0 bridgehead atoms. The normalized spacial score (nSPS) is 9.35. The Morgan fingerprint density at radius 3 is 2.00 bits per heavy atom. The minimum absolute atomic E-state index is 0.290. The van der Waals surface area contributed by atoms with E-state index in [1.165, 1.54) is 0 Å². The summed E-state index contributed by atoms with van der Waals surface area (Å²) in [6, 6.07) is 5.69. The van der Waals surface area contributed by atoms with Gasteiger partial charge in [-0.1, -0.05) is 0 Å². The maximum absolute atomic E-state index is 8.67. The van der Waals surface area contributed by atoms with E-state index in [1.54, 1.807) is 38.4 Å². The fraction of sp³-hybridized carbons (Fsp3) is 0.417. The topological polar surface area (TPSA) is 54.7 Å². The quantitative estimate of drug-likeness (QED) is 0.728. The van der Waals surface area contributed by atoms with Gasteiger partial charge in [0.25, 0.3) is 0 Å². The highest BCUT2D eigenvalue weighted by atomic mass is 16.5. The van der Waals surface area contributed by atoms with Crippen LogP contribution in [0, 0.1) is 11.3 Å². The summed E-state index contributed by atoms with van der Waals surface area (Å²) in [6.07, 6.45) is 0. The van der Waals surface area contributed by atoms with Crippen molar-refractivity contribution in [3.8, 4) is 23.3 Å². The van der Waals surface area contributed by atoms with Gasteiger partial charge in [0.05, 0.1) is 27.4 Å². The van der Waals surface area contributed by atoms with Crippen LogP contribution in [-0.2, 0) is 0 Å². The molecule has 1 rings (SSSR count). The molecule has 0 aliphatic heterocycles. The average molecular weight is 236 g/mol. The lowest BCUT2D eigenvalue weighted by Crippen LogP contribution is -2.17. The van der Waals surface area contributed by atoms with Crippen LogP contribution in [0.4, 0.5) is 5.69 Å². The molecule has 0 saturated heterocycles. The van der Waals surface area contributed by atoms with Crippen LogP contribution in [0.3, 0.4) is 0 Å². The number of methoxy groups -OCH3 is 3. The van der Waals surface area contributed by atoms with Crippen LogP contribution in [0.1, 0.15) is 0 Å². The zero-order valence-corrected chi connectivity index (χ0v) is 10.5.